The molecule has 1 aliphatic rings. The van der Waals surface area contributed by atoms with Gasteiger partial charge < -0.3 is 4.74 Å². The fourth-order valence-corrected chi connectivity index (χ4v) is 3.39. The van der Waals surface area contributed by atoms with E-state index in [1.54, 1.807) is 18.1 Å². The SMILES string of the molecule is CCOc1ccc2c(c1)CN(CC(=O)N(C)c1nccs1)CC2. The molecule has 23 heavy (non-hydrogen) atoms. The lowest BCUT2D eigenvalue weighted by molar-refractivity contribution is -0.119. The van der Waals surface area contributed by atoms with E-state index >= 15 is 0 Å². The van der Waals surface area contributed by atoms with Crippen LogP contribution in [0.2, 0.25) is 0 Å². The van der Waals surface area contributed by atoms with Crippen molar-refractivity contribution in [2.75, 3.05) is 31.6 Å². The lowest BCUT2D eigenvalue weighted by Crippen LogP contribution is -2.40. The van der Waals surface area contributed by atoms with Crippen molar-refractivity contribution in [1.82, 2.24) is 9.88 Å². The number of anilines is 1. The van der Waals surface area contributed by atoms with Crippen LogP contribution in [0.3, 0.4) is 0 Å². The van der Waals surface area contributed by atoms with Crippen LogP contribution < -0.4 is 9.64 Å². The highest BCUT2D eigenvalue weighted by atomic mass is 32.1. The zero-order chi connectivity index (χ0) is 16.2. The molecule has 1 amide bonds. The molecule has 122 valence electrons. The number of rotatable bonds is 5. The van der Waals surface area contributed by atoms with Crippen molar-refractivity contribution in [2.24, 2.45) is 0 Å². The first-order valence-electron chi connectivity index (χ1n) is 7.80. The summed E-state index contributed by atoms with van der Waals surface area (Å²) < 4.78 is 5.57. The van der Waals surface area contributed by atoms with E-state index in [2.05, 4.69) is 22.0 Å². The summed E-state index contributed by atoms with van der Waals surface area (Å²) in [7, 11) is 1.78. The van der Waals surface area contributed by atoms with E-state index in [0.29, 0.717) is 13.2 Å². The summed E-state index contributed by atoms with van der Waals surface area (Å²) >= 11 is 1.48. The Kier molecular flexibility index (Phi) is 4.93. The fourth-order valence-electron chi connectivity index (χ4n) is 2.77. The minimum Gasteiger partial charge on any atom is -0.494 e. The number of hydrogen-bond acceptors (Lipinski definition) is 5. The molecular formula is C17H21N3O2S. The molecule has 0 spiro atoms. The third kappa shape index (κ3) is 3.71. The first-order chi connectivity index (χ1) is 11.2. The number of thiazole rings is 1. The quantitative estimate of drug-likeness (QED) is 0.845. The van der Waals surface area contributed by atoms with Gasteiger partial charge in [0.1, 0.15) is 5.75 Å². The first kappa shape index (κ1) is 16.0. The molecule has 0 saturated carbocycles. The maximum atomic E-state index is 12.4. The Morgan fingerprint density at radius 3 is 3.04 bits per heavy atom. The Morgan fingerprint density at radius 2 is 2.30 bits per heavy atom. The number of likely N-dealkylation sites (N-methyl/N-ethyl adjacent to an activating group) is 1. The number of hydrogen-bond donors (Lipinski definition) is 0. The molecule has 1 aliphatic heterocycles. The van der Waals surface area contributed by atoms with Crippen molar-refractivity contribution in [1.29, 1.82) is 0 Å². The number of carbonyl (C=O) groups is 1. The molecule has 1 aromatic carbocycles. The van der Waals surface area contributed by atoms with Crippen LogP contribution in [0.4, 0.5) is 5.13 Å². The average molecular weight is 331 g/mol. The van der Waals surface area contributed by atoms with Crippen LogP contribution in [-0.2, 0) is 17.8 Å². The zero-order valence-electron chi connectivity index (χ0n) is 13.5. The number of amides is 1. The van der Waals surface area contributed by atoms with E-state index in [9.17, 15) is 4.79 Å². The summed E-state index contributed by atoms with van der Waals surface area (Å²) in [6.45, 7) is 4.75. The summed E-state index contributed by atoms with van der Waals surface area (Å²) in [6, 6.07) is 6.26. The van der Waals surface area contributed by atoms with Gasteiger partial charge in [-0.25, -0.2) is 4.98 Å². The number of fused-ring (bicyclic) bond motifs is 1. The van der Waals surface area contributed by atoms with Gasteiger partial charge in [0.2, 0.25) is 5.91 Å². The van der Waals surface area contributed by atoms with Crippen LogP contribution >= 0.6 is 11.3 Å². The molecule has 0 atom stereocenters. The molecule has 0 unspecified atom stereocenters. The maximum absolute atomic E-state index is 12.4. The minimum absolute atomic E-state index is 0.0735. The van der Waals surface area contributed by atoms with E-state index < -0.39 is 0 Å². The van der Waals surface area contributed by atoms with Gasteiger partial charge in [0.05, 0.1) is 13.2 Å². The van der Waals surface area contributed by atoms with E-state index in [0.717, 1.165) is 30.4 Å². The largest absolute Gasteiger partial charge is 0.494 e. The standard InChI is InChI=1S/C17H21N3O2S/c1-3-22-15-5-4-13-6-8-20(11-14(13)10-15)12-16(21)19(2)17-18-7-9-23-17/h4-5,7,9-10H,3,6,8,11-12H2,1-2H3. The summed E-state index contributed by atoms with van der Waals surface area (Å²) in [6.07, 6.45) is 2.69. The monoisotopic (exact) mass is 331 g/mol. The normalized spacial score (nSPS) is 14.3. The van der Waals surface area contributed by atoms with E-state index in [4.69, 9.17) is 4.74 Å². The third-order valence-electron chi connectivity index (χ3n) is 4.02. The van der Waals surface area contributed by atoms with Crippen molar-refractivity contribution in [2.45, 2.75) is 19.9 Å². The molecule has 6 heteroatoms. The van der Waals surface area contributed by atoms with Crippen molar-refractivity contribution < 1.29 is 9.53 Å². The van der Waals surface area contributed by atoms with Crippen LogP contribution in [0.15, 0.2) is 29.8 Å². The summed E-state index contributed by atoms with van der Waals surface area (Å²) in [4.78, 5) is 20.4. The van der Waals surface area contributed by atoms with Crippen LogP contribution in [-0.4, -0.2) is 42.5 Å². The Balaban J connectivity index is 1.64. The van der Waals surface area contributed by atoms with E-state index in [1.165, 1.54) is 22.5 Å². The Labute approximate surface area is 140 Å². The molecule has 0 saturated heterocycles. The van der Waals surface area contributed by atoms with Gasteiger partial charge >= 0.3 is 0 Å². The third-order valence-corrected chi connectivity index (χ3v) is 4.87. The molecule has 0 aliphatic carbocycles. The highest BCUT2D eigenvalue weighted by Gasteiger charge is 2.21. The van der Waals surface area contributed by atoms with Gasteiger partial charge in [-0.05, 0) is 36.6 Å². The minimum atomic E-state index is 0.0735. The van der Waals surface area contributed by atoms with Crippen molar-refractivity contribution in [3.05, 3.63) is 40.9 Å². The molecule has 5 nitrogen and oxygen atoms in total. The molecule has 0 bridgehead atoms. The second-order valence-corrected chi connectivity index (χ2v) is 6.46. The van der Waals surface area contributed by atoms with Crippen molar-refractivity contribution in [3.8, 4) is 5.75 Å². The Bertz CT molecular complexity index is 672. The molecule has 0 N–H and O–H groups in total. The number of benzene rings is 1. The number of ether oxygens (including phenoxy) is 1. The van der Waals surface area contributed by atoms with Gasteiger partial charge in [0.25, 0.3) is 0 Å². The Morgan fingerprint density at radius 1 is 1.43 bits per heavy atom. The van der Waals surface area contributed by atoms with Gasteiger partial charge in [0.15, 0.2) is 5.13 Å². The lowest BCUT2D eigenvalue weighted by Gasteiger charge is -2.29. The lowest BCUT2D eigenvalue weighted by atomic mass is 9.99. The van der Waals surface area contributed by atoms with Crippen molar-refractivity contribution >= 4 is 22.4 Å². The van der Waals surface area contributed by atoms with Gasteiger partial charge in [0, 0.05) is 31.7 Å². The van der Waals surface area contributed by atoms with Crippen LogP contribution in [0.1, 0.15) is 18.1 Å². The van der Waals surface area contributed by atoms with Crippen LogP contribution in [0.25, 0.3) is 0 Å². The zero-order valence-corrected chi connectivity index (χ0v) is 14.3. The van der Waals surface area contributed by atoms with Gasteiger partial charge in [-0.3, -0.25) is 14.6 Å². The second-order valence-electron chi connectivity index (χ2n) is 5.59. The predicted octanol–water partition coefficient (Wildman–Crippen LogP) is 2.56. The average Bonchev–Trinajstić information content (AvgIpc) is 3.08. The van der Waals surface area contributed by atoms with E-state index in [1.807, 2.05) is 18.4 Å². The number of aromatic nitrogens is 1. The first-order valence-corrected chi connectivity index (χ1v) is 8.68. The molecule has 0 radical (unpaired) electrons. The molecule has 1 aromatic heterocycles. The van der Waals surface area contributed by atoms with Gasteiger partial charge in [-0.2, -0.15) is 0 Å². The molecule has 2 aromatic rings. The number of carbonyl (C=O) groups excluding carboxylic acids is 1. The molecule has 0 fully saturated rings. The second kappa shape index (κ2) is 7.10. The van der Waals surface area contributed by atoms with E-state index in [-0.39, 0.29) is 5.91 Å². The number of nitrogens with zero attached hydrogens (tertiary/aromatic N) is 3. The summed E-state index contributed by atoms with van der Waals surface area (Å²) in [5.41, 5.74) is 2.61. The van der Waals surface area contributed by atoms with Gasteiger partial charge in [-0.1, -0.05) is 6.07 Å². The molecular weight excluding hydrogens is 310 g/mol. The highest BCUT2D eigenvalue weighted by Crippen LogP contribution is 2.24. The van der Waals surface area contributed by atoms with Gasteiger partial charge in [-0.15, -0.1) is 11.3 Å². The smallest absolute Gasteiger partial charge is 0.242 e. The van der Waals surface area contributed by atoms with Crippen LogP contribution in [0, 0.1) is 0 Å². The Hall–Kier alpha value is -1.92. The van der Waals surface area contributed by atoms with Crippen molar-refractivity contribution in [3.63, 3.8) is 0 Å². The fraction of sp³-hybridized carbons (Fsp3) is 0.412. The maximum Gasteiger partial charge on any atom is 0.242 e. The molecule has 2 heterocycles. The summed E-state index contributed by atoms with van der Waals surface area (Å²) in [5.74, 6) is 0.976. The highest BCUT2D eigenvalue weighted by molar-refractivity contribution is 7.13. The molecule has 3 rings (SSSR count). The van der Waals surface area contributed by atoms with Crippen LogP contribution in [0.5, 0.6) is 5.75 Å². The predicted molar refractivity (Wildman–Crippen MR) is 92.1 cm³/mol. The topological polar surface area (TPSA) is 45.7 Å². The summed E-state index contributed by atoms with van der Waals surface area (Å²) in [5, 5.41) is 2.62.